The van der Waals surface area contributed by atoms with Crippen LogP contribution in [0.3, 0.4) is 0 Å². The van der Waals surface area contributed by atoms with Gasteiger partial charge in [-0.2, -0.15) is 18.4 Å². The molecule has 6 rings (SSSR count). The van der Waals surface area contributed by atoms with E-state index in [1.807, 2.05) is 4.90 Å². The molecule has 4 amide bonds. The van der Waals surface area contributed by atoms with Crippen molar-refractivity contribution in [2.24, 2.45) is 0 Å². The Morgan fingerprint density at radius 3 is 2.35 bits per heavy atom. The summed E-state index contributed by atoms with van der Waals surface area (Å²) in [5.74, 6) is -0.853. The molecule has 0 bridgehead atoms. The summed E-state index contributed by atoms with van der Waals surface area (Å²) < 4.78 is 47.5. The fourth-order valence-corrected chi connectivity index (χ4v) is 9.22. The van der Waals surface area contributed by atoms with Crippen LogP contribution in [0.1, 0.15) is 89.8 Å². The van der Waals surface area contributed by atoms with E-state index < -0.39 is 34.2 Å². The highest BCUT2D eigenvalue weighted by Crippen LogP contribution is 2.41. The van der Waals surface area contributed by atoms with Crippen LogP contribution in [-0.2, 0) is 35.5 Å². The molecular weight excluding hydrogens is 762 g/mol. The fourth-order valence-electron chi connectivity index (χ4n) is 8.65. The number of thiocarbonyl (C=S) groups is 1. The molecule has 306 valence electrons. The number of benzene rings is 1. The number of ether oxygens (including phenoxy) is 1. The molecule has 3 atom stereocenters. The van der Waals surface area contributed by atoms with E-state index >= 15 is 0 Å². The van der Waals surface area contributed by atoms with Crippen LogP contribution < -0.4 is 15.5 Å². The van der Waals surface area contributed by atoms with Gasteiger partial charge in [0.2, 0.25) is 17.7 Å². The standard InChI is InChI=1S/C40H49F3N8O5S/c1-24-21-48(22-25(2)49(24)23-34(53)46-32-13-7-27(20-45-32)39(5)15-14-33(52)47-35(39)54)16-17-56-30-11-9-28(10-12-30)51-37(57)50(36(55)38(51,3)4)29-8-6-26(19-44)31(18-29)40(41,42)43/h6-8,13,18,20,24-25,28,30H,9-12,14-17,21-23H2,1-5H3,(H,45,46,53)(H,47,52,54)/t24-,25+,28?,30?,39?. The van der Waals surface area contributed by atoms with Gasteiger partial charge in [-0.05, 0) is 109 Å². The average molecular weight is 811 g/mol. The Labute approximate surface area is 335 Å². The normalized spacial score (nSPS) is 27.4. The van der Waals surface area contributed by atoms with Gasteiger partial charge in [-0.25, -0.2) is 4.98 Å². The van der Waals surface area contributed by atoms with Crippen LogP contribution in [0.2, 0.25) is 0 Å². The Morgan fingerprint density at radius 2 is 1.75 bits per heavy atom. The van der Waals surface area contributed by atoms with E-state index in [0.717, 1.165) is 49.5 Å². The predicted octanol–water partition coefficient (Wildman–Crippen LogP) is 4.74. The number of piperazine rings is 1. The number of aromatic nitrogens is 1. The summed E-state index contributed by atoms with van der Waals surface area (Å²) >= 11 is 5.73. The topological polar surface area (TPSA) is 151 Å². The molecule has 1 unspecified atom stereocenters. The summed E-state index contributed by atoms with van der Waals surface area (Å²) in [4.78, 5) is 62.7. The Morgan fingerprint density at radius 1 is 1.07 bits per heavy atom. The van der Waals surface area contributed by atoms with E-state index in [0.29, 0.717) is 37.3 Å². The molecule has 1 aromatic heterocycles. The molecule has 2 aromatic rings. The lowest BCUT2D eigenvalue weighted by Crippen LogP contribution is -2.58. The van der Waals surface area contributed by atoms with Gasteiger partial charge < -0.3 is 15.0 Å². The number of hydrogen-bond acceptors (Lipinski definition) is 10. The number of nitrogens with zero attached hydrogens (tertiary/aromatic N) is 6. The highest BCUT2D eigenvalue weighted by Gasteiger charge is 2.53. The number of piperidine rings is 1. The maximum Gasteiger partial charge on any atom is 0.417 e. The number of pyridine rings is 1. The van der Waals surface area contributed by atoms with Gasteiger partial charge in [-0.1, -0.05) is 6.07 Å². The predicted molar refractivity (Wildman–Crippen MR) is 209 cm³/mol. The fraction of sp³-hybridized carbons (Fsp3) is 0.575. The van der Waals surface area contributed by atoms with Gasteiger partial charge in [0.05, 0.1) is 47.6 Å². The molecule has 3 saturated heterocycles. The monoisotopic (exact) mass is 810 g/mol. The van der Waals surface area contributed by atoms with E-state index in [1.165, 1.54) is 6.07 Å². The highest BCUT2D eigenvalue weighted by atomic mass is 32.1. The molecule has 17 heteroatoms. The van der Waals surface area contributed by atoms with Crippen molar-refractivity contribution in [3.63, 3.8) is 0 Å². The van der Waals surface area contributed by atoms with Crippen molar-refractivity contribution in [3.05, 3.63) is 53.2 Å². The lowest BCUT2D eigenvalue weighted by Gasteiger charge is -2.44. The van der Waals surface area contributed by atoms with E-state index in [-0.39, 0.29) is 65.7 Å². The third-order valence-electron chi connectivity index (χ3n) is 12.0. The number of anilines is 2. The number of nitriles is 1. The first kappa shape index (κ1) is 42.1. The minimum absolute atomic E-state index is 0.0147. The number of rotatable bonds is 10. The van der Waals surface area contributed by atoms with Crippen LogP contribution in [0.25, 0.3) is 0 Å². The summed E-state index contributed by atoms with van der Waals surface area (Å²) in [6, 6.07) is 8.35. The minimum atomic E-state index is -4.76. The largest absolute Gasteiger partial charge is 0.417 e. The third kappa shape index (κ3) is 8.69. The van der Waals surface area contributed by atoms with Crippen molar-refractivity contribution in [1.29, 1.82) is 5.26 Å². The first-order chi connectivity index (χ1) is 26.8. The smallest absolute Gasteiger partial charge is 0.377 e. The maximum absolute atomic E-state index is 13.7. The average Bonchev–Trinajstić information content (AvgIpc) is 3.33. The molecule has 1 aromatic carbocycles. The van der Waals surface area contributed by atoms with E-state index in [9.17, 15) is 37.6 Å². The van der Waals surface area contributed by atoms with Gasteiger partial charge in [0, 0.05) is 50.4 Å². The molecule has 4 aliphatic rings. The zero-order valence-corrected chi connectivity index (χ0v) is 33.6. The summed E-state index contributed by atoms with van der Waals surface area (Å²) in [6.07, 6.45) is 0.359. The summed E-state index contributed by atoms with van der Waals surface area (Å²) in [5.41, 5.74) is -2.90. The SMILES string of the molecule is C[C@@H]1CN(CCOC2CCC(N3C(=S)N(c4ccc(C#N)c(C(F)(F)F)c4)C(=O)C3(C)C)CC2)C[C@H](C)N1CC(=O)Nc1ccc(C2(C)CCC(=O)NC2=O)cn1. The number of carbonyl (C=O) groups excluding carboxylic acids is 4. The van der Waals surface area contributed by atoms with Crippen molar-refractivity contribution < 1.29 is 37.1 Å². The number of nitrogens with one attached hydrogen (secondary N) is 2. The zero-order chi connectivity index (χ0) is 41.4. The molecule has 0 spiro atoms. The quantitative estimate of drug-likeness (QED) is 0.253. The molecule has 13 nitrogen and oxygen atoms in total. The number of alkyl halides is 3. The molecule has 1 saturated carbocycles. The Hall–Kier alpha value is -4.50. The van der Waals surface area contributed by atoms with Crippen molar-refractivity contribution in [1.82, 2.24) is 25.0 Å². The van der Waals surface area contributed by atoms with E-state index in [1.54, 1.807) is 45.2 Å². The molecule has 2 N–H and O–H groups in total. The Bertz CT molecular complexity index is 1940. The Kier molecular flexibility index (Phi) is 12.1. The summed E-state index contributed by atoms with van der Waals surface area (Å²) in [5, 5.41) is 14.6. The van der Waals surface area contributed by atoms with Crippen LogP contribution in [0.5, 0.6) is 0 Å². The lowest BCUT2D eigenvalue weighted by atomic mass is 9.76. The number of imide groups is 1. The zero-order valence-electron chi connectivity index (χ0n) is 32.8. The highest BCUT2D eigenvalue weighted by molar-refractivity contribution is 7.80. The lowest BCUT2D eigenvalue weighted by molar-refractivity contribution is -0.138. The van der Waals surface area contributed by atoms with Gasteiger partial charge >= 0.3 is 6.18 Å². The molecule has 4 fully saturated rings. The summed E-state index contributed by atoms with van der Waals surface area (Å²) in [6.45, 7) is 12.4. The number of hydrogen-bond donors (Lipinski definition) is 2. The second-order valence-electron chi connectivity index (χ2n) is 16.3. The second kappa shape index (κ2) is 16.4. The molecular formula is C40H49F3N8O5S. The third-order valence-corrected chi connectivity index (χ3v) is 12.3. The van der Waals surface area contributed by atoms with Crippen molar-refractivity contribution in [3.8, 4) is 6.07 Å². The van der Waals surface area contributed by atoms with Crippen LogP contribution in [-0.4, -0.2) is 111 Å². The van der Waals surface area contributed by atoms with Gasteiger partial charge in [0.25, 0.3) is 5.91 Å². The Balaban J connectivity index is 0.947. The van der Waals surface area contributed by atoms with Crippen LogP contribution in [0.4, 0.5) is 24.7 Å². The first-order valence-corrected chi connectivity index (χ1v) is 19.7. The van der Waals surface area contributed by atoms with Gasteiger partial charge in [0.1, 0.15) is 11.4 Å². The number of halogens is 3. The number of carbonyl (C=O) groups is 4. The van der Waals surface area contributed by atoms with Crippen LogP contribution in [0.15, 0.2) is 36.5 Å². The molecule has 1 aliphatic carbocycles. The van der Waals surface area contributed by atoms with Gasteiger partial charge in [-0.3, -0.25) is 39.2 Å². The van der Waals surface area contributed by atoms with Crippen molar-refractivity contribution in [2.45, 2.75) is 115 Å². The summed E-state index contributed by atoms with van der Waals surface area (Å²) in [7, 11) is 0. The molecule has 4 heterocycles. The maximum atomic E-state index is 13.7. The van der Waals surface area contributed by atoms with Crippen LogP contribution in [0, 0.1) is 11.3 Å². The van der Waals surface area contributed by atoms with Crippen molar-refractivity contribution in [2.75, 3.05) is 43.0 Å². The molecule has 3 aliphatic heterocycles. The first-order valence-electron chi connectivity index (χ1n) is 19.3. The molecule has 57 heavy (non-hydrogen) atoms. The van der Waals surface area contributed by atoms with Crippen LogP contribution >= 0.6 is 12.2 Å². The van der Waals surface area contributed by atoms with Gasteiger partial charge in [-0.15, -0.1) is 0 Å². The second-order valence-corrected chi connectivity index (χ2v) is 16.7. The van der Waals surface area contributed by atoms with E-state index in [4.69, 9.17) is 17.0 Å². The molecule has 0 radical (unpaired) electrons. The van der Waals surface area contributed by atoms with Gasteiger partial charge in [0.15, 0.2) is 5.11 Å². The minimum Gasteiger partial charge on any atom is -0.377 e. The van der Waals surface area contributed by atoms with E-state index in [2.05, 4.69) is 39.3 Å². The van der Waals surface area contributed by atoms with Crippen molar-refractivity contribution >= 4 is 52.5 Å². The number of amides is 4.